The lowest BCUT2D eigenvalue weighted by Crippen LogP contribution is -2.24. The summed E-state index contributed by atoms with van der Waals surface area (Å²) in [4.78, 5) is 0. The Hall–Kier alpha value is -2.21. The van der Waals surface area contributed by atoms with Gasteiger partial charge in [0.2, 0.25) is 0 Å². The van der Waals surface area contributed by atoms with Crippen LogP contribution in [0.25, 0.3) is 6.08 Å². The molecule has 1 heterocycles. The maximum absolute atomic E-state index is 11.5. The molecule has 114 valence electrons. The van der Waals surface area contributed by atoms with Crippen LogP contribution in [0.5, 0.6) is 11.5 Å². The molecule has 0 bridgehead atoms. The minimum absolute atomic E-state index is 0.0862. The molecule has 22 heavy (non-hydrogen) atoms. The number of rotatable bonds is 3. The van der Waals surface area contributed by atoms with Crippen molar-refractivity contribution in [1.82, 2.24) is 5.23 Å². The Morgan fingerprint density at radius 2 is 1.95 bits per heavy atom. The largest absolute Gasteiger partial charge is 0.734 e. The van der Waals surface area contributed by atoms with Gasteiger partial charge in [-0.1, -0.05) is 35.9 Å². The molecular formula is C16H13ClNO4-. The number of hydrogen-bond acceptors (Lipinski definition) is 5. The number of para-hydroxylation sites is 1. The summed E-state index contributed by atoms with van der Waals surface area (Å²) in [6.45, 7) is 0. The molecule has 0 amide bonds. The van der Waals surface area contributed by atoms with E-state index >= 15 is 0 Å². The van der Waals surface area contributed by atoms with E-state index in [0.29, 0.717) is 27.6 Å². The first-order valence-corrected chi connectivity index (χ1v) is 6.95. The van der Waals surface area contributed by atoms with E-state index in [9.17, 15) is 10.4 Å². The lowest BCUT2D eigenvalue weighted by Gasteiger charge is -2.35. The van der Waals surface area contributed by atoms with E-state index in [1.54, 1.807) is 55.7 Å². The van der Waals surface area contributed by atoms with Crippen LogP contribution in [0.1, 0.15) is 17.2 Å². The predicted octanol–water partition coefficient (Wildman–Crippen LogP) is 4.01. The Labute approximate surface area is 132 Å². The van der Waals surface area contributed by atoms with Crippen molar-refractivity contribution in [3.8, 4) is 11.5 Å². The zero-order valence-electron chi connectivity index (χ0n) is 11.7. The van der Waals surface area contributed by atoms with Gasteiger partial charge in [-0.05, 0) is 29.8 Å². The lowest BCUT2D eigenvalue weighted by molar-refractivity contribution is -0.0247. The summed E-state index contributed by atoms with van der Waals surface area (Å²) in [5, 5.41) is 21.3. The van der Waals surface area contributed by atoms with Crippen LogP contribution >= 0.6 is 11.6 Å². The molecule has 1 aliphatic rings. The highest BCUT2D eigenvalue weighted by molar-refractivity contribution is 6.30. The van der Waals surface area contributed by atoms with Crippen molar-refractivity contribution >= 4 is 17.7 Å². The van der Waals surface area contributed by atoms with Crippen LogP contribution in [0.15, 0.2) is 48.2 Å². The van der Waals surface area contributed by atoms with E-state index < -0.39 is 6.10 Å². The molecule has 2 aromatic rings. The van der Waals surface area contributed by atoms with Gasteiger partial charge in [0.1, 0.15) is 0 Å². The lowest BCUT2D eigenvalue weighted by atomic mass is 10.0. The SMILES string of the molecule is COc1cccc2c1OC(c1ccc(Cl)cc1)C(N([O-])O)=C2. The van der Waals surface area contributed by atoms with Gasteiger partial charge in [0, 0.05) is 10.6 Å². The number of halogens is 1. The highest BCUT2D eigenvalue weighted by Gasteiger charge is 2.27. The van der Waals surface area contributed by atoms with Crippen LogP contribution in [0, 0.1) is 5.21 Å². The van der Waals surface area contributed by atoms with Crippen LogP contribution in [0.3, 0.4) is 0 Å². The summed E-state index contributed by atoms with van der Waals surface area (Å²) >= 11 is 5.88. The number of hydroxylamine groups is 2. The first kappa shape index (κ1) is 14.7. The molecule has 1 atom stereocenters. The number of ether oxygens (including phenoxy) is 2. The van der Waals surface area contributed by atoms with E-state index in [-0.39, 0.29) is 10.9 Å². The van der Waals surface area contributed by atoms with Crippen molar-refractivity contribution in [3.63, 3.8) is 0 Å². The Morgan fingerprint density at radius 1 is 1.23 bits per heavy atom. The molecule has 2 aromatic carbocycles. The fraction of sp³-hybridized carbons (Fsp3) is 0.125. The summed E-state index contributed by atoms with van der Waals surface area (Å²) in [6, 6.07) is 12.2. The van der Waals surface area contributed by atoms with E-state index in [4.69, 9.17) is 21.1 Å². The number of methoxy groups -OCH3 is 1. The quantitative estimate of drug-likeness (QED) is 0.866. The van der Waals surface area contributed by atoms with Crippen molar-refractivity contribution in [2.75, 3.05) is 7.11 Å². The molecule has 0 aromatic heterocycles. The molecule has 1 unspecified atom stereocenters. The molecule has 0 saturated carbocycles. The molecule has 0 aliphatic carbocycles. The normalized spacial score (nSPS) is 16.4. The Balaban J connectivity index is 2.09. The molecule has 1 aliphatic heterocycles. The van der Waals surface area contributed by atoms with E-state index in [2.05, 4.69) is 0 Å². The first-order valence-electron chi connectivity index (χ1n) is 6.57. The standard InChI is InChI=1S/C16H13ClNO4/c1-21-14-4-2-3-11-9-13(18(19)20)15(22-16(11)14)10-5-7-12(17)8-6-10/h2-9,15,19H,1H3/q-1. The van der Waals surface area contributed by atoms with Gasteiger partial charge in [-0.25, -0.2) is 0 Å². The third kappa shape index (κ3) is 2.62. The van der Waals surface area contributed by atoms with Crippen molar-refractivity contribution in [1.29, 1.82) is 0 Å². The number of fused-ring (bicyclic) bond motifs is 1. The highest BCUT2D eigenvalue weighted by atomic mass is 35.5. The van der Waals surface area contributed by atoms with Crippen LogP contribution in [-0.4, -0.2) is 17.5 Å². The molecule has 0 fully saturated rings. The molecule has 5 nitrogen and oxygen atoms in total. The third-order valence-corrected chi connectivity index (χ3v) is 3.68. The van der Waals surface area contributed by atoms with Gasteiger partial charge >= 0.3 is 0 Å². The summed E-state index contributed by atoms with van der Waals surface area (Å²) in [7, 11) is 1.54. The van der Waals surface area contributed by atoms with Gasteiger partial charge in [-0.3, -0.25) is 5.21 Å². The Morgan fingerprint density at radius 3 is 2.59 bits per heavy atom. The fourth-order valence-electron chi connectivity index (χ4n) is 2.38. The van der Waals surface area contributed by atoms with E-state index in [1.165, 1.54) is 0 Å². The number of benzene rings is 2. The molecule has 0 saturated heterocycles. The Kier molecular flexibility index (Phi) is 3.94. The van der Waals surface area contributed by atoms with Crippen molar-refractivity contribution < 1.29 is 14.7 Å². The van der Waals surface area contributed by atoms with Crippen LogP contribution in [0.4, 0.5) is 0 Å². The van der Waals surface area contributed by atoms with Gasteiger partial charge in [0.15, 0.2) is 17.6 Å². The second-order valence-corrected chi connectivity index (χ2v) is 5.21. The molecule has 0 radical (unpaired) electrons. The minimum Gasteiger partial charge on any atom is -0.734 e. The molecule has 6 heteroatoms. The van der Waals surface area contributed by atoms with Gasteiger partial charge in [0.05, 0.1) is 12.8 Å². The minimum atomic E-state index is -0.747. The molecule has 0 spiro atoms. The third-order valence-electron chi connectivity index (χ3n) is 3.43. The maximum atomic E-state index is 11.5. The monoisotopic (exact) mass is 318 g/mol. The van der Waals surface area contributed by atoms with Gasteiger partial charge in [-0.15, -0.1) is 0 Å². The van der Waals surface area contributed by atoms with E-state index in [0.717, 1.165) is 0 Å². The first-order chi connectivity index (χ1) is 10.6. The maximum Gasteiger partial charge on any atom is 0.169 e. The number of nitrogens with zero attached hydrogens (tertiary/aromatic N) is 1. The summed E-state index contributed by atoms with van der Waals surface area (Å²) in [5.74, 6) is 1.08. The topological polar surface area (TPSA) is 65.0 Å². The van der Waals surface area contributed by atoms with E-state index in [1.807, 2.05) is 0 Å². The zero-order valence-corrected chi connectivity index (χ0v) is 12.4. The van der Waals surface area contributed by atoms with Crippen molar-refractivity contribution in [2.45, 2.75) is 6.10 Å². The molecule has 3 rings (SSSR count). The van der Waals surface area contributed by atoms with Gasteiger partial charge < -0.3 is 19.9 Å². The Bertz CT molecular complexity index is 713. The second-order valence-electron chi connectivity index (χ2n) is 4.77. The van der Waals surface area contributed by atoms with Gasteiger partial charge in [0.25, 0.3) is 0 Å². The number of hydrogen-bond donors (Lipinski definition) is 1. The van der Waals surface area contributed by atoms with Crippen LogP contribution in [0.2, 0.25) is 5.02 Å². The summed E-state index contributed by atoms with van der Waals surface area (Å²) in [6.07, 6.45) is 0.830. The van der Waals surface area contributed by atoms with Crippen LogP contribution in [-0.2, 0) is 0 Å². The summed E-state index contributed by atoms with van der Waals surface area (Å²) in [5.41, 5.74) is 1.44. The van der Waals surface area contributed by atoms with Gasteiger partial charge in [-0.2, -0.15) is 0 Å². The smallest absolute Gasteiger partial charge is 0.169 e. The second kappa shape index (κ2) is 5.88. The zero-order chi connectivity index (χ0) is 15.7. The molecular weight excluding hydrogens is 306 g/mol. The highest BCUT2D eigenvalue weighted by Crippen LogP contribution is 2.43. The van der Waals surface area contributed by atoms with Crippen molar-refractivity contribution in [2.24, 2.45) is 0 Å². The average molecular weight is 319 g/mol. The average Bonchev–Trinajstić information content (AvgIpc) is 2.53. The predicted molar refractivity (Wildman–Crippen MR) is 82.8 cm³/mol. The fourth-order valence-corrected chi connectivity index (χ4v) is 2.50. The van der Waals surface area contributed by atoms with Crippen molar-refractivity contribution in [3.05, 3.63) is 69.5 Å². The molecule has 1 N–H and O–H groups in total. The van der Waals surface area contributed by atoms with Crippen LogP contribution < -0.4 is 9.47 Å². The summed E-state index contributed by atoms with van der Waals surface area (Å²) < 4.78 is 11.2.